The molecule has 0 aliphatic carbocycles. The van der Waals surface area contributed by atoms with Crippen molar-refractivity contribution in [2.75, 3.05) is 6.54 Å². The number of hydrogen-bond donors (Lipinski definition) is 2. The van der Waals surface area contributed by atoms with Crippen molar-refractivity contribution in [2.45, 2.75) is 33.4 Å². The Morgan fingerprint density at radius 3 is 2.71 bits per heavy atom. The molecule has 0 bridgehead atoms. The van der Waals surface area contributed by atoms with Crippen LogP contribution in [0.25, 0.3) is 10.8 Å². The summed E-state index contributed by atoms with van der Waals surface area (Å²) in [5, 5.41) is 8.92. The monoisotopic (exact) mass is 398 g/mol. The van der Waals surface area contributed by atoms with Crippen LogP contribution in [0.4, 0.5) is 0 Å². The second kappa shape index (κ2) is 8.81. The predicted molar refractivity (Wildman–Crippen MR) is 100 cm³/mol. The van der Waals surface area contributed by atoms with Crippen molar-refractivity contribution in [1.29, 1.82) is 0 Å². The van der Waals surface area contributed by atoms with Gasteiger partial charge in [-0.2, -0.15) is 0 Å². The van der Waals surface area contributed by atoms with E-state index in [0.717, 1.165) is 18.2 Å². The molecule has 0 amide bonds. The summed E-state index contributed by atoms with van der Waals surface area (Å²) in [6.07, 6.45) is 1.84. The molecule has 0 spiro atoms. The second-order valence-electron chi connectivity index (χ2n) is 4.97. The Balaban J connectivity index is 0.00000220. The highest BCUT2D eigenvalue weighted by atomic mass is 127. The number of aromatic nitrogens is 1. The van der Waals surface area contributed by atoms with Gasteiger partial charge in [-0.25, -0.2) is 4.99 Å². The van der Waals surface area contributed by atoms with Gasteiger partial charge in [-0.15, -0.1) is 24.0 Å². The minimum absolute atomic E-state index is 0. The highest BCUT2D eigenvalue weighted by Gasteiger charge is 2.03. The molecule has 0 unspecified atom stereocenters. The van der Waals surface area contributed by atoms with Crippen LogP contribution in [0.5, 0.6) is 0 Å². The van der Waals surface area contributed by atoms with Crippen LogP contribution in [0.3, 0.4) is 0 Å². The first kappa shape index (κ1) is 17.7. The quantitative estimate of drug-likeness (QED) is 0.472. The largest absolute Gasteiger partial charge is 0.357 e. The van der Waals surface area contributed by atoms with Crippen molar-refractivity contribution in [3.63, 3.8) is 0 Å². The summed E-state index contributed by atoms with van der Waals surface area (Å²) in [6, 6.07) is 10.7. The topological polar surface area (TPSA) is 49.3 Å². The normalized spacial score (nSPS) is 11.3. The first-order chi connectivity index (χ1) is 9.70. The summed E-state index contributed by atoms with van der Waals surface area (Å²) in [5.41, 5.74) is 1.00. The van der Waals surface area contributed by atoms with Crippen LogP contribution >= 0.6 is 24.0 Å². The summed E-state index contributed by atoms with van der Waals surface area (Å²) in [7, 11) is 0. The molecule has 21 heavy (non-hydrogen) atoms. The van der Waals surface area contributed by atoms with E-state index in [2.05, 4.69) is 53.5 Å². The summed E-state index contributed by atoms with van der Waals surface area (Å²) in [4.78, 5) is 9.06. The lowest BCUT2D eigenvalue weighted by Gasteiger charge is -2.14. The van der Waals surface area contributed by atoms with E-state index in [4.69, 9.17) is 0 Å². The molecule has 0 radical (unpaired) electrons. The Kier molecular flexibility index (Phi) is 7.42. The van der Waals surface area contributed by atoms with E-state index in [-0.39, 0.29) is 24.0 Å². The van der Waals surface area contributed by atoms with Gasteiger partial charge in [0.15, 0.2) is 5.96 Å². The molecule has 0 saturated carbocycles. The first-order valence-corrected chi connectivity index (χ1v) is 7.08. The lowest BCUT2D eigenvalue weighted by atomic mass is 10.1. The van der Waals surface area contributed by atoms with Gasteiger partial charge in [0.25, 0.3) is 0 Å². The molecule has 0 atom stereocenters. The van der Waals surface area contributed by atoms with E-state index in [9.17, 15) is 0 Å². The van der Waals surface area contributed by atoms with Gasteiger partial charge in [-0.1, -0.05) is 24.3 Å². The summed E-state index contributed by atoms with van der Waals surface area (Å²) in [6.45, 7) is 7.69. The van der Waals surface area contributed by atoms with Crippen molar-refractivity contribution in [3.05, 3.63) is 42.2 Å². The third-order valence-electron chi connectivity index (χ3n) is 2.91. The van der Waals surface area contributed by atoms with Crippen molar-refractivity contribution >= 4 is 40.7 Å². The third-order valence-corrected chi connectivity index (χ3v) is 2.91. The Morgan fingerprint density at radius 1 is 1.24 bits per heavy atom. The fourth-order valence-corrected chi connectivity index (χ4v) is 2.06. The minimum atomic E-state index is 0. The SMILES string of the molecule is CCNC(=NCc1nccc2ccccc12)NC(C)C.I. The van der Waals surface area contributed by atoms with Crippen molar-refractivity contribution in [2.24, 2.45) is 4.99 Å². The number of hydrogen-bond acceptors (Lipinski definition) is 2. The number of benzene rings is 1. The molecule has 0 aliphatic heterocycles. The van der Waals surface area contributed by atoms with E-state index in [1.807, 2.05) is 24.4 Å². The van der Waals surface area contributed by atoms with Crippen LogP contribution in [0.15, 0.2) is 41.5 Å². The number of fused-ring (bicyclic) bond motifs is 1. The minimum Gasteiger partial charge on any atom is -0.357 e. The zero-order valence-corrected chi connectivity index (χ0v) is 15.1. The van der Waals surface area contributed by atoms with Crippen LogP contribution in [0.2, 0.25) is 0 Å². The Bertz CT molecular complexity index is 590. The zero-order valence-electron chi connectivity index (χ0n) is 12.8. The molecule has 2 N–H and O–H groups in total. The van der Waals surface area contributed by atoms with Crippen LogP contribution in [0, 0.1) is 0 Å². The maximum atomic E-state index is 4.61. The van der Waals surface area contributed by atoms with Gasteiger partial charge in [0, 0.05) is 24.2 Å². The Hall–Kier alpha value is -1.37. The number of pyridine rings is 1. The van der Waals surface area contributed by atoms with Gasteiger partial charge in [-0.3, -0.25) is 4.98 Å². The highest BCUT2D eigenvalue weighted by Crippen LogP contribution is 2.16. The Morgan fingerprint density at radius 2 is 2.00 bits per heavy atom. The second-order valence-corrected chi connectivity index (χ2v) is 4.97. The molecule has 2 aromatic rings. The van der Waals surface area contributed by atoms with Gasteiger partial charge in [0.1, 0.15) is 0 Å². The van der Waals surface area contributed by atoms with E-state index in [1.165, 1.54) is 10.8 Å². The highest BCUT2D eigenvalue weighted by molar-refractivity contribution is 14.0. The average molecular weight is 398 g/mol. The van der Waals surface area contributed by atoms with Crippen molar-refractivity contribution in [3.8, 4) is 0 Å². The molecule has 2 rings (SSSR count). The first-order valence-electron chi connectivity index (χ1n) is 7.08. The number of guanidine groups is 1. The zero-order chi connectivity index (χ0) is 14.4. The predicted octanol–water partition coefficient (Wildman–Crippen LogP) is 3.32. The van der Waals surface area contributed by atoms with Gasteiger partial charge in [-0.05, 0) is 32.2 Å². The third kappa shape index (κ3) is 5.15. The maximum Gasteiger partial charge on any atom is 0.191 e. The van der Waals surface area contributed by atoms with Gasteiger partial charge in [0.2, 0.25) is 0 Å². The van der Waals surface area contributed by atoms with Crippen molar-refractivity contribution < 1.29 is 0 Å². The van der Waals surface area contributed by atoms with Crippen LogP contribution in [0.1, 0.15) is 26.5 Å². The number of nitrogens with zero attached hydrogens (tertiary/aromatic N) is 2. The van der Waals surface area contributed by atoms with Gasteiger partial charge < -0.3 is 10.6 Å². The molecule has 1 heterocycles. The fraction of sp³-hybridized carbons (Fsp3) is 0.375. The number of rotatable bonds is 4. The molecule has 1 aromatic heterocycles. The maximum absolute atomic E-state index is 4.61. The average Bonchev–Trinajstić information content (AvgIpc) is 2.44. The number of halogens is 1. The lowest BCUT2D eigenvalue weighted by Crippen LogP contribution is -2.41. The molecule has 1 aromatic carbocycles. The molecule has 114 valence electrons. The lowest BCUT2D eigenvalue weighted by molar-refractivity contribution is 0.700. The van der Waals surface area contributed by atoms with Crippen LogP contribution in [-0.4, -0.2) is 23.5 Å². The molecule has 4 nitrogen and oxygen atoms in total. The van der Waals surface area contributed by atoms with Gasteiger partial charge >= 0.3 is 0 Å². The van der Waals surface area contributed by atoms with Crippen LogP contribution in [-0.2, 0) is 6.54 Å². The number of nitrogens with one attached hydrogen (secondary N) is 2. The summed E-state index contributed by atoms with van der Waals surface area (Å²) >= 11 is 0. The molecular weight excluding hydrogens is 375 g/mol. The van der Waals surface area contributed by atoms with E-state index in [1.54, 1.807) is 0 Å². The smallest absolute Gasteiger partial charge is 0.191 e. The van der Waals surface area contributed by atoms with E-state index >= 15 is 0 Å². The summed E-state index contributed by atoms with van der Waals surface area (Å²) < 4.78 is 0. The summed E-state index contributed by atoms with van der Waals surface area (Å²) in [5.74, 6) is 0.831. The fourth-order valence-electron chi connectivity index (χ4n) is 2.06. The molecule has 5 heteroatoms. The number of aliphatic imine (C=N–C) groups is 1. The Labute approximate surface area is 143 Å². The molecule has 0 aliphatic rings. The molecule has 0 saturated heterocycles. The van der Waals surface area contributed by atoms with E-state index < -0.39 is 0 Å². The van der Waals surface area contributed by atoms with Crippen LogP contribution < -0.4 is 10.6 Å². The molecular formula is C16H23IN4. The van der Waals surface area contributed by atoms with Crippen molar-refractivity contribution in [1.82, 2.24) is 15.6 Å². The van der Waals surface area contributed by atoms with Gasteiger partial charge in [0.05, 0.1) is 12.2 Å². The standard InChI is InChI=1S/C16H22N4.HI/c1-4-17-16(20-12(2)3)19-11-15-14-8-6-5-7-13(14)9-10-18-15;/h5-10,12H,4,11H2,1-3H3,(H2,17,19,20);1H. The molecule has 0 fully saturated rings. The van der Waals surface area contributed by atoms with E-state index in [0.29, 0.717) is 12.6 Å².